The molecule has 4 rings (SSSR count). The summed E-state index contributed by atoms with van der Waals surface area (Å²) < 4.78 is 16.2. The molecular weight excluding hydrogens is 549 g/mol. The fourth-order valence-corrected chi connectivity index (χ4v) is 4.08. The summed E-state index contributed by atoms with van der Waals surface area (Å²) in [5.41, 5.74) is 0.695. The van der Waals surface area contributed by atoms with E-state index in [4.69, 9.17) is 37.4 Å². The number of barbiturate groups is 1. The van der Waals surface area contributed by atoms with Crippen LogP contribution < -0.4 is 29.7 Å². The van der Waals surface area contributed by atoms with Crippen molar-refractivity contribution in [1.29, 1.82) is 0 Å². The summed E-state index contributed by atoms with van der Waals surface area (Å²) in [6, 6.07) is 14.9. The van der Waals surface area contributed by atoms with Gasteiger partial charge >= 0.3 is 6.03 Å². The number of amides is 5. The molecular formula is C27H21Cl2N3O7. The molecule has 0 bridgehead atoms. The molecule has 0 atom stereocenters. The molecule has 3 aromatic carbocycles. The summed E-state index contributed by atoms with van der Waals surface area (Å²) in [6.07, 6.45) is 1.26. The molecule has 3 aromatic rings. The van der Waals surface area contributed by atoms with Crippen LogP contribution in [0.15, 0.2) is 66.2 Å². The van der Waals surface area contributed by atoms with Crippen LogP contribution in [0.5, 0.6) is 17.2 Å². The third kappa shape index (κ3) is 6.14. The number of hydrogen-bond donors (Lipinski definition) is 2. The van der Waals surface area contributed by atoms with Crippen LogP contribution in [-0.4, -0.2) is 44.6 Å². The number of rotatable bonds is 8. The number of methoxy groups -OCH3 is 2. The number of nitrogens with zero attached hydrogens (tertiary/aromatic N) is 1. The zero-order chi connectivity index (χ0) is 28.1. The topological polar surface area (TPSA) is 123 Å². The number of hydrogen-bond acceptors (Lipinski definition) is 7. The molecule has 0 unspecified atom stereocenters. The van der Waals surface area contributed by atoms with Gasteiger partial charge in [0.2, 0.25) is 0 Å². The van der Waals surface area contributed by atoms with E-state index in [1.807, 2.05) is 0 Å². The van der Waals surface area contributed by atoms with E-state index in [-0.39, 0.29) is 27.8 Å². The van der Waals surface area contributed by atoms with Crippen molar-refractivity contribution in [2.75, 3.05) is 31.0 Å². The van der Waals surface area contributed by atoms with E-state index >= 15 is 0 Å². The van der Waals surface area contributed by atoms with Gasteiger partial charge in [-0.15, -0.1) is 0 Å². The molecule has 5 amide bonds. The third-order valence-corrected chi connectivity index (χ3v) is 6.01. The number of ether oxygens (including phenoxy) is 3. The molecule has 0 saturated carbocycles. The van der Waals surface area contributed by atoms with E-state index in [1.54, 1.807) is 24.3 Å². The number of anilines is 2. The minimum absolute atomic E-state index is 0.0561. The van der Waals surface area contributed by atoms with Crippen LogP contribution in [0.3, 0.4) is 0 Å². The van der Waals surface area contributed by atoms with E-state index in [1.165, 1.54) is 56.7 Å². The van der Waals surface area contributed by atoms with E-state index in [9.17, 15) is 19.2 Å². The molecule has 1 saturated heterocycles. The average molecular weight is 570 g/mol. The lowest BCUT2D eigenvalue weighted by atomic mass is 10.1. The molecule has 200 valence electrons. The number of imide groups is 2. The molecule has 1 fully saturated rings. The second-order valence-electron chi connectivity index (χ2n) is 8.01. The van der Waals surface area contributed by atoms with Crippen LogP contribution >= 0.6 is 23.2 Å². The third-order valence-electron chi connectivity index (χ3n) is 5.48. The zero-order valence-corrected chi connectivity index (χ0v) is 22.1. The molecule has 10 nitrogen and oxygen atoms in total. The Morgan fingerprint density at radius 1 is 0.974 bits per heavy atom. The van der Waals surface area contributed by atoms with Crippen LogP contribution in [0.2, 0.25) is 10.0 Å². The van der Waals surface area contributed by atoms with Crippen molar-refractivity contribution in [1.82, 2.24) is 5.32 Å². The molecule has 0 aromatic heterocycles. The van der Waals surface area contributed by atoms with Gasteiger partial charge in [0, 0.05) is 5.02 Å². The summed E-state index contributed by atoms with van der Waals surface area (Å²) in [5.74, 6) is -1.48. The highest BCUT2D eigenvalue weighted by molar-refractivity contribution is 6.39. The Hall–Kier alpha value is -4.54. The molecule has 12 heteroatoms. The quantitative estimate of drug-likeness (QED) is 0.298. The normalized spacial score (nSPS) is 14.2. The van der Waals surface area contributed by atoms with Crippen molar-refractivity contribution in [2.45, 2.75) is 0 Å². The van der Waals surface area contributed by atoms with Gasteiger partial charge in [0.1, 0.15) is 11.3 Å². The van der Waals surface area contributed by atoms with Gasteiger partial charge in [-0.25, -0.2) is 9.69 Å². The number of urea groups is 1. The molecule has 0 aliphatic carbocycles. The first-order valence-electron chi connectivity index (χ1n) is 11.3. The van der Waals surface area contributed by atoms with Gasteiger partial charge in [-0.1, -0.05) is 35.3 Å². The predicted molar refractivity (Wildman–Crippen MR) is 146 cm³/mol. The first-order chi connectivity index (χ1) is 18.7. The highest BCUT2D eigenvalue weighted by Gasteiger charge is 2.36. The van der Waals surface area contributed by atoms with Gasteiger partial charge in [-0.3, -0.25) is 19.7 Å². The Kier molecular flexibility index (Phi) is 8.38. The maximum absolute atomic E-state index is 13.1. The zero-order valence-electron chi connectivity index (χ0n) is 20.6. The fourth-order valence-electron chi connectivity index (χ4n) is 3.68. The number of para-hydroxylation sites is 2. The Morgan fingerprint density at radius 3 is 2.36 bits per heavy atom. The van der Waals surface area contributed by atoms with Gasteiger partial charge in [0.25, 0.3) is 17.7 Å². The highest BCUT2D eigenvalue weighted by atomic mass is 35.5. The van der Waals surface area contributed by atoms with E-state index < -0.39 is 30.4 Å². The van der Waals surface area contributed by atoms with Crippen molar-refractivity contribution >= 4 is 64.4 Å². The number of benzene rings is 3. The standard InChI is InChI=1S/C27H21Cl2N3O7/c1-37-21-6-4-3-5-20(21)30-23(33)14-39-24-19(29)12-15(13-22(24)38-2)11-18-25(34)31-27(36)32(26(18)35)17-9-7-16(28)8-10-17/h3-13H,14H2,1-2H3,(H,30,33)(H,31,34,36)/b18-11-. The van der Waals surface area contributed by atoms with Crippen molar-refractivity contribution in [3.63, 3.8) is 0 Å². The minimum Gasteiger partial charge on any atom is -0.495 e. The van der Waals surface area contributed by atoms with Crippen LogP contribution in [0.25, 0.3) is 6.08 Å². The molecule has 1 heterocycles. The fraction of sp³-hybridized carbons (Fsp3) is 0.111. The predicted octanol–water partition coefficient (Wildman–Crippen LogP) is 4.69. The summed E-state index contributed by atoms with van der Waals surface area (Å²) in [5, 5.41) is 5.30. The first kappa shape index (κ1) is 27.5. The van der Waals surface area contributed by atoms with Gasteiger partial charge < -0.3 is 19.5 Å². The SMILES string of the molecule is COc1ccccc1NC(=O)COc1c(Cl)cc(/C=C2/C(=O)NC(=O)N(c3ccc(Cl)cc3)C2=O)cc1OC. The number of carbonyl (C=O) groups is 4. The Labute approximate surface area is 233 Å². The second-order valence-corrected chi connectivity index (χ2v) is 8.85. The Bertz CT molecular complexity index is 1490. The molecule has 1 aliphatic heterocycles. The van der Waals surface area contributed by atoms with Crippen molar-refractivity contribution in [3.05, 3.63) is 81.8 Å². The largest absolute Gasteiger partial charge is 0.495 e. The lowest BCUT2D eigenvalue weighted by Gasteiger charge is -2.26. The molecule has 0 spiro atoms. The monoisotopic (exact) mass is 569 g/mol. The summed E-state index contributed by atoms with van der Waals surface area (Å²) in [6.45, 7) is -0.395. The average Bonchev–Trinajstić information content (AvgIpc) is 2.91. The number of halogens is 2. The van der Waals surface area contributed by atoms with Crippen molar-refractivity contribution in [2.24, 2.45) is 0 Å². The van der Waals surface area contributed by atoms with Crippen LogP contribution in [0, 0.1) is 0 Å². The minimum atomic E-state index is -0.893. The molecule has 2 N–H and O–H groups in total. The van der Waals surface area contributed by atoms with Crippen LogP contribution in [-0.2, 0) is 14.4 Å². The summed E-state index contributed by atoms with van der Waals surface area (Å²) >= 11 is 12.3. The maximum Gasteiger partial charge on any atom is 0.335 e. The Balaban J connectivity index is 1.55. The highest BCUT2D eigenvalue weighted by Crippen LogP contribution is 2.37. The second kappa shape index (κ2) is 11.9. The van der Waals surface area contributed by atoms with Crippen LogP contribution in [0.4, 0.5) is 16.2 Å². The lowest BCUT2D eigenvalue weighted by molar-refractivity contribution is -0.122. The van der Waals surface area contributed by atoms with Gasteiger partial charge in [0.05, 0.1) is 30.6 Å². The van der Waals surface area contributed by atoms with E-state index in [0.717, 1.165) is 4.90 Å². The van der Waals surface area contributed by atoms with Gasteiger partial charge in [-0.2, -0.15) is 0 Å². The van der Waals surface area contributed by atoms with E-state index in [0.29, 0.717) is 22.0 Å². The van der Waals surface area contributed by atoms with Crippen molar-refractivity contribution < 1.29 is 33.4 Å². The maximum atomic E-state index is 13.1. The molecule has 1 aliphatic rings. The Morgan fingerprint density at radius 2 is 1.67 bits per heavy atom. The smallest absolute Gasteiger partial charge is 0.335 e. The number of nitrogens with one attached hydrogen (secondary N) is 2. The molecule has 0 radical (unpaired) electrons. The first-order valence-corrected chi connectivity index (χ1v) is 12.1. The molecule has 39 heavy (non-hydrogen) atoms. The van der Waals surface area contributed by atoms with E-state index in [2.05, 4.69) is 10.6 Å². The lowest BCUT2D eigenvalue weighted by Crippen LogP contribution is -2.54. The summed E-state index contributed by atoms with van der Waals surface area (Å²) in [7, 11) is 2.85. The van der Waals surface area contributed by atoms with Gasteiger partial charge in [0.15, 0.2) is 18.1 Å². The number of carbonyl (C=O) groups excluding carboxylic acids is 4. The summed E-state index contributed by atoms with van der Waals surface area (Å²) in [4.78, 5) is 51.3. The van der Waals surface area contributed by atoms with Crippen molar-refractivity contribution in [3.8, 4) is 17.2 Å². The van der Waals surface area contributed by atoms with Gasteiger partial charge in [-0.05, 0) is 60.2 Å². The van der Waals surface area contributed by atoms with Crippen LogP contribution in [0.1, 0.15) is 5.56 Å².